The van der Waals surface area contributed by atoms with Crippen molar-refractivity contribution in [3.63, 3.8) is 0 Å². The number of carbonyl (C=O) groups is 1. The first-order chi connectivity index (χ1) is 13.1. The third-order valence-electron chi connectivity index (χ3n) is 6.00. The molecule has 0 aromatic heterocycles. The number of nitrogens with zero attached hydrogens (tertiary/aromatic N) is 2. The van der Waals surface area contributed by atoms with Gasteiger partial charge in [-0.2, -0.15) is 0 Å². The van der Waals surface area contributed by atoms with E-state index in [0.29, 0.717) is 0 Å². The average molecular weight is 364 g/mol. The Bertz CT molecular complexity index is 760. The van der Waals surface area contributed by atoms with Gasteiger partial charge < -0.3 is 10.2 Å². The van der Waals surface area contributed by atoms with E-state index in [9.17, 15) is 4.79 Å². The van der Waals surface area contributed by atoms with Crippen molar-refractivity contribution in [2.45, 2.75) is 31.7 Å². The molecule has 0 unspecified atom stereocenters. The minimum atomic E-state index is 0.0905. The summed E-state index contributed by atoms with van der Waals surface area (Å²) in [5.41, 5.74) is 4.15. The number of hydrogen-bond donors (Lipinski definition) is 1. The molecule has 1 N–H and O–H groups in total. The van der Waals surface area contributed by atoms with E-state index in [1.807, 2.05) is 4.90 Å². The predicted molar refractivity (Wildman–Crippen MR) is 109 cm³/mol. The van der Waals surface area contributed by atoms with Gasteiger partial charge in [0.05, 0.1) is 0 Å². The quantitative estimate of drug-likeness (QED) is 0.882. The van der Waals surface area contributed by atoms with Gasteiger partial charge in [0, 0.05) is 44.7 Å². The molecule has 142 valence electrons. The Labute approximate surface area is 162 Å². The summed E-state index contributed by atoms with van der Waals surface area (Å²) in [6.07, 6.45) is 2.34. The molecule has 1 saturated carbocycles. The lowest BCUT2D eigenvalue weighted by molar-refractivity contribution is 0.135. The van der Waals surface area contributed by atoms with Crippen molar-refractivity contribution < 1.29 is 4.79 Å². The molecular formula is C23H29N3O. The largest absolute Gasteiger partial charge is 0.337 e. The van der Waals surface area contributed by atoms with Crippen molar-refractivity contribution in [3.05, 3.63) is 71.3 Å². The van der Waals surface area contributed by atoms with Crippen LogP contribution < -0.4 is 5.32 Å². The van der Waals surface area contributed by atoms with Crippen LogP contribution in [0, 0.1) is 6.92 Å². The Hall–Kier alpha value is -2.33. The van der Waals surface area contributed by atoms with Gasteiger partial charge in [-0.15, -0.1) is 0 Å². The lowest BCUT2D eigenvalue weighted by atomic mass is 9.95. The number of benzene rings is 2. The summed E-state index contributed by atoms with van der Waals surface area (Å²) in [5, 5.41) is 3.20. The number of carbonyl (C=O) groups excluding carboxylic acids is 1. The third-order valence-corrected chi connectivity index (χ3v) is 6.00. The van der Waals surface area contributed by atoms with Gasteiger partial charge in [0.25, 0.3) is 0 Å². The van der Waals surface area contributed by atoms with Gasteiger partial charge in [-0.25, -0.2) is 4.79 Å². The van der Waals surface area contributed by atoms with Gasteiger partial charge in [0.2, 0.25) is 0 Å². The SMILES string of the molecule is Cc1ccc(C2(CNC(=O)N3CCN(Cc4ccccc4)CC3)CC2)cc1. The summed E-state index contributed by atoms with van der Waals surface area (Å²) < 4.78 is 0. The zero-order valence-electron chi connectivity index (χ0n) is 16.2. The van der Waals surface area contributed by atoms with Crippen LogP contribution >= 0.6 is 0 Å². The van der Waals surface area contributed by atoms with Gasteiger partial charge in [-0.05, 0) is 30.9 Å². The Morgan fingerprint density at radius 3 is 2.26 bits per heavy atom. The molecule has 27 heavy (non-hydrogen) atoms. The maximum Gasteiger partial charge on any atom is 0.317 e. The number of piperazine rings is 1. The van der Waals surface area contributed by atoms with Crippen molar-refractivity contribution >= 4 is 6.03 Å². The van der Waals surface area contributed by atoms with Gasteiger partial charge in [0.15, 0.2) is 0 Å². The maximum absolute atomic E-state index is 12.6. The van der Waals surface area contributed by atoms with Crippen LogP contribution in [0.15, 0.2) is 54.6 Å². The second-order valence-corrected chi connectivity index (χ2v) is 8.05. The number of amides is 2. The van der Waals surface area contributed by atoms with Crippen LogP contribution in [0.3, 0.4) is 0 Å². The van der Waals surface area contributed by atoms with E-state index in [0.717, 1.165) is 39.3 Å². The van der Waals surface area contributed by atoms with E-state index in [2.05, 4.69) is 71.7 Å². The molecule has 2 amide bonds. The minimum absolute atomic E-state index is 0.0905. The van der Waals surface area contributed by atoms with Crippen LogP contribution in [0.4, 0.5) is 4.79 Å². The monoisotopic (exact) mass is 363 g/mol. The molecule has 0 radical (unpaired) electrons. The van der Waals surface area contributed by atoms with Gasteiger partial charge in [-0.1, -0.05) is 60.2 Å². The van der Waals surface area contributed by atoms with Crippen molar-refractivity contribution in [1.82, 2.24) is 15.1 Å². The average Bonchev–Trinajstić information content (AvgIpc) is 3.49. The van der Waals surface area contributed by atoms with E-state index in [-0.39, 0.29) is 11.4 Å². The Morgan fingerprint density at radius 2 is 1.63 bits per heavy atom. The highest BCUT2D eigenvalue weighted by atomic mass is 16.2. The summed E-state index contributed by atoms with van der Waals surface area (Å²) in [7, 11) is 0. The molecule has 0 atom stereocenters. The fraction of sp³-hybridized carbons (Fsp3) is 0.435. The third kappa shape index (κ3) is 4.33. The summed E-state index contributed by atoms with van der Waals surface area (Å²) in [4.78, 5) is 17.0. The summed E-state index contributed by atoms with van der Waals surface area (Å²) in [5.74, 6) is 0. The topological polar surface area (TPSA) is 35.6 Å². The molecule has 1 aliphatic heterocycles. The zero-order valence-corrected chi connectivity index (χ0v) is 16.2. The van der Waals surface area contributed by atoms with Gasteiger partial charge in [0.1, 0.15) is 0 Å². The molecule has 2 aliphatic rings. The zero-order chi connectivity index (χ0) is 18.7. The molecule has 2 fully saturated rings. The van der Waals surface area contributed by atoms with E-state index >= 15 is 0 Å². The standard InChI is InChI=1S/C23H29N3O/c1-19-7-9-21(10-8-19)23(11-12-23)18-24-22(27)26-15-13-25(14-16-26)17-20-5-3-2-4-6-20/h2-10H,11-18H2,1H3,(H,24,27). The molecule has 0 spiro atoms. The Kier molecular flexibility index (Phi) is 5.17. The predicted octanol–water partition coefficient (Wildman–Crippen LogP) is 3.55. The number of aryl methyl sites for hydroxylation is 1. The molecule has 4 rings (SSSR count). The minimum Gasteiger partial charge on any atom is -0.337 e. The van der Waals surface area contributed by atoms with Gasteiger partial charge in [-0.3, -0.25) is 4.90 Å². The second-order valence-electron chi connectivity index (χ2n) is 8.05. The lowest BCUT2D eigenvalue weighted by Crippen LogP contribution is -2.52. The lowest BCUT2D eigenvalue weighted by Gasteiger charge is -2.35. The Morgan fingerprint density at radius 1 is 0.963 bits per heavy atom. The summed E-state index contributed by atoms with van der Waals surface area (Å²) >= 11 is 0. The number of urea groups is 1. The highest BCUT2D eigenvalue weighted by Crippen LogP contribution is 2.47. The van der Waals surface area contributed by atoms with Crippen molar-refractivity contribution in [2.75, 3.05) is 32.7 Å². The normalized spacial score (nSPS) is 18.9. The van der Waals surface area contributed by atoms with Crippen LogP contribution in [0.1, 0.15) is 29.5 Å². The number of rotatable bonds is 5. The van der Waals surface area contributed by atoms with Crippen molar-refractivity contribution in [1.29, 1.82) is 0 Å². The van der Waals surface area contributed by atoms with Crippen LogP contribution in [0.25, 0.3) is 0 Å². The highest BCUT2D eigenvalue weighted by Gasteiger charge is 2.44. The first-order valence-electron chi connectivity index (χ1n) is 10.0. The molecule has 4 heteroatoms. The fourth-order valence-corrected chi connectivity index (χ4v) is 3.93. The maximum atomic E-state index is 12.6. The van der Waals surface area contributed by atoms with E-state index in [1.165, 1.54) is 29.5 Å². The van der Waals surface area contributed by atoms with Crippen molar-refractivity contribution in [2.24, 2.45) is 0 Å². The second kappa shape index (κ2) is 7.73. The first-order valence-corrected chi connectivity index (χ1v) is 10.0. The molecule has 0 bridgehead atoms. The summed E-state index contributed by atoms with van der Waals surface area (Å²) in [6, 6.07) is 19.4. The summed E-state index contributed by atoms with van der Waals surface area (Å²) in [6.45, 7) is 7.30. The first kappa shape index (κ1) is 18.1. The molecule has 4 nitrogen and oxygen atoms in total. The van der Waals surface area contributed by atoms with Crippen LogP contribution in [-0.2, 0) is 12.0 Å². The van der Waals surface area contributed by atoms with E-state index < -0.39 is 0 Å². The molecule has 2 aromatic carbocycles. The van der Waals surface area contributed by atoms with E-state index in [4.69, 9.17) is 0 Å². The fourth-order valence-electron chi connectivity index (χ4n) is 3.93. The number of nitrogens with one attached hydrogen (secondary N) is 1. The molecule has 2 aromatic rings. The molecular weight excluding hydrogens is 334 g/mol. The smallest absolute Gasteiger partial charge is 0.317 e. The molecule has 1 saturated heterocycles. The van der Waals surface area contributed by atoms with Crippen LogP contribution in [0.2, 0.25) is 0 Å². The molecule has 1 heterocycles. The van der Waals surface area contributed by atoms with Crippen molar-refractivity contribution in [3.8, 4) is 0 Å². The highest BCUT2D eigenvalue weighted by molar-refractivity contribution is 5.74. The van der Waals surface area contributed by atoms with Crippen LogP contribution in [-0.4, -0.2) is 48.6 Å². The number of hydrogen-bond acceptors (Lipinski definition) is 2. The molecule has 1 aliphatic carbocycles. The van der Waals surface area contributed by atoms with Gasteiger partial charge >= 0.3 is 6.03 Å². The van der Waals surface area contributed by atoms with E-state index in [1.54, 1.807) is 0 Å². The Balaban J connectivity index is 1.25. The van der Waals surface area contributed by atoms with Crippen LogP contribution in [0.5, 0.6) is 0 Å².